The molecule has 0 amide bonds. The number of aliphatic hydroxyl groups is 1. The molecule has 168 valence electrons. The molecule has 1 aromatic carbocycles. The minimum Gasteiger partial charge on any atom is -0.466 e. The molecule has 0 unspecified atom stereocenters. The Morgan fingerprint density at radius 3 is 2.72 bits per heavy atom. The molecule has 4 rings (SSSR count). The van der Waals surface area contributed by atoms with Crippen molar-refractivity contribution < 1.29 is 14.6 Å². The van der Waals surface area contributed by atoms with E-state index in [0.717, 1.165) is 16.4 Å². The average molecular weight is 494 g/mol. The van der Waals surface area contributed by atoms with E-state index in [1.807, 2.05) is 24.3 Å². The van der Waals surface area contributed by atoms with Crippen LogP contribution in [-0.2, 0) is 4.74 Å². The fourth-order valence-corrected chi connectivity index (χ4v) is 4.57. The smallest absolute Gasteiger partial charge is 0.188 e. The molecule has 1 N–H and O–H groups in total. The van der Waals surface area contributed by atoms with Gasteiger partial charge >= 0.3 is 0 Å². The van der Waals surface area contributed by atoms with Gasteiger partial charge in [0.15, 0.2) is 11.9 Å². The highest BCUT2D eigenvalue weighted by Crippen LogP contribution is 2.34. The van der Waals surface area contributed by atoms with Gasteiger partial charge in [-0.1, -0.05) is 47.1 Å². The van der Waals surface area contributed by atoms with Gasteiger partial charge in [-0.25, -0.2) is 9.67 Å². The number of imidazole rings is 1. The zero-order valence-electron chi connectivity index (χ0n) is 17.6. The maximum absolute atomic E-state index is 11.3. The van der Waals surface area contributed by atoms with Crippen molar-refractivity contribution in [2.75, 3.05) is 19.7 Å². The number of benzene rings is 1. The van der Waals surface area contributed by atoms with Crippen molar-refractivity contribution >= 4 is 40.5 Å². The minimum absolute atomic E-state index is 0.0939. The Kier molecular flexibility index (Phi) is 6.92. The highest BCUT2D eigenvalue weighted by atomic mass is 35.5. The summed E-state index contributed by atoms with van der Waals surface area (Å²) in [5.74, 6) is 1.33. The Morgan fingerprint density at radius 1 is 1.19 bits per heavy atom. The summed E-state index contributed by atoms with van der Waals surface area (Å²) in [4.78, 5) is 4.46. The van der Waals surface area contributed by atoms with E-state index >= 15 is 0 Å². The van der Waals surface area contributed by atoms with Crippen LogP contribution in [0.25, 0.3) is 11.2 Å². The summed E-state index contributed by atoms with van der Waals surface area (Å²) in [5, 5.41) is 21.4. The van der Waals surface area contributed by atoms with Crippen molar-refractivity contribution in [3.05, 3.63) is 63.7 Å². The number of thioether (sulfide) groups is 1. The summed E-state index contributed by atoms with van der Waals surface area (Å²) in [5.41, 5.74) is 3.04. The van der Waals surface area contributed by atoms with E-state index in [9.17, 15) is 5.11 Å². The minimum atomic E-state index is -1.11. The Balaban J connectivity index is 1.74. The molecule has 3 heterocycles. The van der Waals surface area contributed by atoms with Gasteiger partial charge < -0.3 is 14.6 Å². The summed E-state index contributed by atoms with van der Waals surface area (Å²) >= 11 is 14.4. The van der Waals surface area contributed by atoms with Crippen LogP contribution in [0.3, 0.4) is 0 Å². The second-order valence-corrected chi connectivity index (χ2v) is 8.89. The third-order valence-corrected chi connectivity index (χ3v) is 6.31. The van der Waals surface area contributed by atoms with Gasteiger partial charge in [-0.05, 0) is 43.0 Å². The lowest BCUT2D eigenvalue weighted by Gasteiger charge is -2.15. The van der Waals surface area contributed by atoms with Crippen LogP contribution in [0.5, 0.6) is 5.75 Å². The van der Waals surface area contributed by atoms with Crippen LogP contribution in [0.15, 0.2) is 41.7 Å². The van der Waals surface area contributed by atoms with Crippen LogP contribution < -0.4 is 4.74 Å². The molecule has 0 aliphatic rings. The summed E-state index contributed by atoms with van der Waals surface area (Å²) in [6.45, 7) is 3.96. The van der Waals surface area contributed by atoms with Crippen molar-refractivity contribution in [3.63, 3.8) is 0 Å². The molecule has 8 nitrogen and oxygen atoms in total. The molecule has 1 atom stereocenters. The van der Waals surface area contributed by atoms with Gasteiger partial charge in [-0.2, -0.15) is 0 Å². The van der Waals surface area contributed by atoms with E-state index in [2.05, 4.69) is 15.3 Å². The second kappa shape index (κ2) is 9.68. The Bertz CT molecular complexity index is 1260. The van der Waals surface area contributed by atoms with Crippen molar-refractivity contribution in [3.8, 4) is 11.4 Å². The van der Waals surface area contributed by atoms with Gasteiger partial charge in [0, 0.05) is 7.11 Å². The number of rotatable bonds is 8. The molecule has 0 aliphatic carbocycles. The van der Waals surface area contributed by atoms with Crippen LogP contribution in [0, 0.1) is 6.92 Å². The zero-order valence-corrected chi connectivity index (χ0v) is 19.9. The molecule has 0 spiro atoms. The van der Waals surface area contributed by atoms with Gasteiger partial charge in [0.25, 0.3) is 0 Å². The maximum Gasteiger partial charge on any atom is 0.188 e. The molecule has 11 heteroatoms. The number of ether oxygens (including phenoxy) is 2. The number of methoxy groups -OCH3 is 1. The van der Waals surface area contributed by atoms with Crippen molar-refractivity contribution in [2.45, 2.75) is 25.1 Å². The van der Waals surface area contributed by atoms with Gasteiger partial charge in [-0.3, -0.25) is 4.40 Å². The first-order valence-corrected chi connectivity index (χ1v) is 11.5. The van der Waals surface area contributed by atoms with Gasteiger partial charge in [0.2, 0.25) is 0 Å². The fraction of sp³-hybridized carbons (Fsp3) is 0.286. The lowest BCUT2D eigenvalue weighted by atomic mass is 10.1. The number of aromatic nitrogens is 5. The molecule has 32 heavy (non-hydrogen) atoms. The number of halogens is 2. The molecule has 0 fully saturated rings. The topological polar surface area (TPSA) is 86.7 Å². The van der Waals surface area contributed by atoms with Gasteiger partial charge in [0.05, 0.1) is 38.8 Å². The predicted molar refractivity (Wildman–Crippen MR) is 124 cm³/mol. The molecule has 0 saturated heterocycles. The van der Waals surface area contributed by atoms with E-state index in [0.29, 0.717) is 38.6 Å². The second-order valence-electron chi connectivity index (χ2n) is 6.84. The molecule has 0 saturated carbocycles. The first-order chi connectivity index (χ1) is 15.5. The average Bonchev–Trinajstić information content (AvgIpc) is 3.36. The highest BCUT2D eigenvalue weighted by Gasteiger charge is 2.26. The van der Waals surface area contributed by atoms with E-state index in [1.54, 1.807) is 46.9 Å². The molecule has 4 aromatic rings. The van der Waals surface area contributed by atoms with Crippen molar-refractivity contribution in [1.29, 1.82) is 0 Å². The maximum atomic E-state index is 11.3. The third kappa shape index (κ3) is 4.18. The van der Waals surface area contributed by atoms with Gasteiger partial charge in [-0.15, -0.1) is 5.10 Å². The van der Waals surface area contributed by atoms with Crippen molar-refractivity contribution in [2.24, 2.45) is 0 Å². The largest absolute Gasteiger partial charge is 0.466 e. The molecular weight excluding hydrogens is 473 g/mol. The Labute approximate surface area is 199 Å². The Morgan fingerprint density at radius 2 is 2.00 bits per heavy atom. The van der Waals surface area contributed by atoms with Gasteiger partial charge in [0.1, 0.15) is 17.5 Å². The van der Waals surface area contributed by atoms with Crippen LogP contribution >= 0.6 is 35.0 Å². The zero-order chi connectivity index (χ0) is 22.8. The molecular formula is C21H21Cl2N5O3S. The quantitative estimate of drug-likeness (QED) is 0.281. The number of hydrogen-bond donors (Lipinski definition) is 1. The number of nitrogens with zero attached hydrogens (tertiary/aromatic N) is 5. The predicted octanol–water partition coefficient (Wildman–Crippen LogP) is 4.71. The van der Waals surface area contributed by atoms with Crippen LogP contribution in [-0.4, -0.2) is 49.1 Å². The summed E-state index contributed by atoms with van der Waals surface area (Å²) < 4.78 is 13.8. The standard InChI is InChI=1S/C21H21Cl2N5O3S/c1-4-32-21-24-10-14-5-7-15(22)19(27(14)21)20(29)18-12(2)28(26-25-18)13-6-8-17(16(23)9-13)31-11-30-3/h5-10,20,29H,4,11H2,1-3H3/t20-/m0/s1. The number of hydrogen-bond acceptors (Lipinski definition) is 7. The lowest BCUT2D eigenvalue weighted by molar-refractivity contribution is 0.0512. The van der Waals surface area contributed by atoms with Crippen LogP contribution in [0.4, 0.5) is 0 Å². The molecule has 3 aromatic heterocycles. The van der Waals surface area contributed by atoms with E-state index in [4.69, 9.17) is 32.7 Å². The van der Waals surface area contributed by atoms with E-state index < -0.39 is 6.10 Å². The number of fused-ring (bicyclic) bond motifs is 1. The normalized spacial score (nSPS) is 12.4. The first-order valence-electron chi connectivity index (χ1n) is 9.76. The molecule has 0 bridgehead atoms. The monoisotopic (exact) mass is 493 g/mol. The first kappa shape index (κ1) is 22.9. The van der Waals surface area contributed by atoms with Crippen molar-refractivity contribution in [1.82, 2.24) is 24.4 Å². The van der Waals surface area contributed by atoms with E-state index in [1.165, 1.54) is 7.11 Å². The number of pyridine rings is 1. The van der Waals surface area contributed by atoms with Crippen LogP contribution in [0.2, 0.25) is 10.0 Å². The van der Waals surface area contributed by atoms with Crippen LogP contribution in [0.1, 0.15) is 30.1 Å². The number of aliphatic hydroxyl groups excluding tert-OH is 1. The lowest BCUT2D eigenvalue weighted by Crippen LogP contribution is -2.10. The Hall–Kier alpha value is -2.30. The third-order valence-electron chi connectivity index (χ3n) is 4.86. The molecule has 0 radical (unpaired) electrons. The summed E-state index contributed by atoms with van der Waals surface area (Å²) in [7, 11) is 1.54. The summed E-state index contributed by atoms with van der Waals surface area (Å²) in [6.07, 6.45) is 0.647. The van der Waals surface area contributed by atoms with E-state index in [-0.39, 0.29) is 6.79 Å². The highest BCUT2D eigenvalue weighted by molar-refractivity contribution is 7.99. The fourth-order valence-electron chi connectivity index (χ4n) is 3.37. The SMILES string of the molecule is CCSc1ncc2ccc(Cl)c([C@@H](O)c3nnn(-c4ccc(OCOC)c(Cl)c4)c3C)n12. The summed E-state index contributed by atoms with van der Waals surface area (Å²) in [6, 6.07) is 8.85. The molecule has 0 aliphatic heterocycles.